The molecular formula is C12H20N4O2. The van der Waals surface area contributed by atoms with Crippen LogP contribution in [0.25, 0.3) is 0 Å². The molecule has 0 atom stereocenters. The summed E-state index contributed by atoms with van der Waals surface area (Å²) in [6.45, 7) is 4.06. The number of morpholine rings is 1. The predicted molar refractivity (Wildman–Crippen MR) is 66.0 cm³/mol. The van der Waals surface area contributed by atoms with Crippen molar-refractivity contribution in [3.63, 3.8) is 0 Å². The summed E-state index contributed by atoms with van der Waals surface area (Å²) in [5.74, 6) is 0. The van der Waals surface area contributed by atoms with Crippen LogP contribution in [0.1, 0.15) is 12.8 Å². The predicted octanol–water partition coefficient (Wildman–Crippen LogP) is 0.0162. The first-order valence-electron chi connectivity index (χ1n) is 6.40. The monoisotopic (exact) mass is 252 g/mol. The van der Waals surface area contributed by atoms with E-state index in [1.807, 2.05) is 7.05 Å². The fraction of sp³-hybridized carbons (Fsp3) is 0.833. The SMILES string of the molecule is CN1CCC(C#N)(NC(=O)N2CCOCC2)CC1. The van der Waals surface area contributed by atoms with Gasteiger partial charge in [-0.2, -0.15) is 5.26 Å². The van der Waals surface area contributed by atoms with Crippen molar-refractivity contribution in [2.45, 2.75) is 18.4 Å². The number of urea groups is 1. The van der Waals surface area contributed by atoms with Crippen LogP contribution in [-0.2, 0) is 4.74 Å². The second-order valence-electron chi connectivity index (χ2n) is 5.03. The Bertz CT molecular complexity index is 338. The van der Waals surface area contributed by atoms with E-state index in [4.69, 9.17) is 4.74 Å². The summed E-state index contributed by atoms with van der Waals surface area (Å²) in [5.41, 5.74) is -0.693. The molecule has 6 nitrogen and oxygen atoms in total. The van der Waals surface area contributed by atoms with Crippen LogP contribution >= 0.6 is 0 Å². The number of rotatable bonds is 1. The van der Waals surface area contributed by atoms with Gasteiger partial charge in [-0.1, -0.05) is 0 Å². The lowest BCUT2D eigenvalue weighted by Crippen LogP contribution is -2.58. The third kappa shape index (κ3) is 2.92. The van der Waals surface area contributed by atoms with Crippen molar-refractivity contribution < 1.29 is 9.53 Å². The molecule has 0 aromatic rings. The van der Waals surface area contributed by atoms with Crippen LogP contribution in [0.4, 0.5) is 4.79 Å². The number of piperidine rings is 1. The third-order valence-electron chi connectivity index (χ3n) is 3.70. The maximum Gasteiger partial charge on any atom is 0.318 e. The topological polar surface area (TPSA) is 68.6 Å². The van der Waals surface area contributed by atoms with Crippen LogP contribution in [0.3, 0.4) is 0 Å². The zero-order valence-corrected chi connectivity index (χ0v) is 10.8. The van der Waals surface area contributed by atoms with Gasteiger partial charge in [-0.15, -0.1) is 0 Å². The number of likely N-dealkylation sites (tertiary alicyclic amines) is 1. The summed E-state index contributed by atoms with van der Waals surface area (Å²) >= 11 is 0. The van der Waals surface area contributed by atoms with E-state index in [0.29, 0.717) is 39.1 Å². The number of ether oxygens (including phenoxy) is 1. The van der Waals surface area contributed by atoms with Crippen molar-refractivity contribution in [1.82, 2.24) is 15.1 Å². The molecule has 100 valence electrons. The van der Waals surface area contributed by atoms with E-state index in [1.54, 1.807) is 4.90 Å². The quantitative estimate of drug-likeness (QED) is 0.714. The number of carbonyl (C=O) groups is 1. The van der Waals surface area contributed by atoms with E-state index < -0.39 is 5.54 Å². The zero-order chi connectivity index (χ0) is 13.0. The van der Waals surface area contributed by atoms with Gasteiger partial charge in [0.15, 0.2) is 0 Å². The largest absolute Gasteiger partial charge is 0.378 e. The van der Waals surface area contributed by atoms with Crippen LogP contribution in [0.15, 0.2) is 0 Å². The van der Waals surface area contributed by atoms with E-state index in [1.165, 1.54) is 0 Å². The Kier molecular flexibility index (Phi) is 4.04. The molecule has 2 amide bonds. The van der Waals surface area contributed by atoms with E-state index in [9.17, 15) is 10.1 Å². The molecule has 2 saturated heterocycles. The zero-order valence-electron chi connectivity index (χ0n) is 10.8. The standard InChI is InChI=1S/C12H20N4O2/c1-15-4-2-12(10-13,3-5-15)14-11(17)16-6-8-18-9-7-16/h2-9H2,1H3,(H,14,17). The van der Waals surface area contributed by atoms with Gasteiger partial charge in [0.2, 0.25) is 0 Å². The van der Waals surface area contributed by atoms with Crippen LogP contribution in [0, 0.1) is 11.3 Å². The number of hydrogen-bond acceptors (Lipinski definition) is 4. The van der Waals surface area contributed by atoms with Crippen molar-refractivity contribution >= 4 is 6.03 Å². The van der Waals surface area contributed by atoms with Gasteiger partial charge in [-0.05, 0) is 19.9 Å². The van der Waals surface area contributed by atoms with Gasteiger partial charge in [0.05, 0.1) is 19.3 Å². The summed E-state index contributed by atoms with van der Waals surface area (Å²) in [6.07, 6.45) is 1.38. The molecule has 18 heavy (non-hydrogen) atoms. The number of nitrogens with one attached hydrogen (secondary N) is 1. The molecule has 2 aliphatic heterocycles. The van der Waals surface area contributed by atoms with E-state index >= 15 is 0 Å². The Morgan fingerprint density at radius 1 is 1.28 bits per heavy atom. The fourth-order valence-electron chi connectivity index (χ4n) is 2.32. The summed E-state index contributed by atoms with van der Waals surface area (Å²) in [7, 11) is 2.03. The molecule has 0 bridgehead atoms. The highest BCUT2D eigenvalue weighted by atomic mass is 16.5. The molecule has 0 aromatic heterocycles. The number of hydrogen-bond donors (Lipinski definition) is 1. The van der Waals surface area contributed by atoms with E-state index in [0.717, 1.165) is 13.1 Å². The smallest absolute Gasteiger partial charge is 0.318 e. The first-order chi connectivity index (χ1) is 8.65. The number of nitriles is 1. The van der Waals surface area contributed by atoms with Gasteiger partial charge in [0, 0.05) is 26.2 Å². The van der Waals surface area contributed by atoms with Crippen LogP contribution in [0.2, 0.25) is 0 Å². The summed E-state index contributed by atoms with van der Waals surface area (Å²) in [5, 5.41) is 12.3. The average Bonchev–Trinajstić information content (AvgIpc) is 2.43. The first-order valence-corrected chi connectivity index (χ1v) is 6.40. The lowest BCUT2D eigenvalue weighted by Gasteiger charge is -2.38. The highest BCUT2D eigenvalue weighted by Crippen LogP contribution is 2.21. The van der Waals surface area contributed by atoms with Crippen LogP contribution < -0.4 is 5.32 Å². The molecule has 0 aromatic carbocycles. The Balaban J connectivity index is 1.93. The highest BCUT2D eigenvalue weighted by Gasteiger charge is 2.36. The third-order valence-corrected chi connectivity index (χ3v) is 3.70. The Morgan fingerprint density at radius 2 is 1.89 bits per heavy atom. The minimum atomic E-state index is -0.693. The molecule has 2 rings (SSSR count). The van der Waals surface area contributed by atoms with E-state index in [2.05, 4.69) is 16.3 Å². The molecule has 0 spiro atoms. The molecule has 2 heterocycles. The number of carbonyl (C=O) groups excluding carboxylic acids is 1. The van der Waals surface area contributed by atoms with Gasteiger partial charge in [0.25, 0.3) is 0 Å². The van der Waals surface area contributed by atoms with Gasteiger partial charge in [-0.3, -0.25) is 0 Å². The fourth-order valence-corrected chi connectivity index (χ4v) is 2.32. The molecule has 1 N–H and O–H groups in total. The second kappa shape index (κ2) is 5.55. The number of amides is 2. The minimum absolute atomic E-state index is 0.135. The molecule has 0 saturated carbocycles. The molecule has 2 aliphatic rings. The van der Waals surface area contributed by atoms with Crippen LogP contribution in [-0.4, -0.2) is 67.8 Å². The lowest BCUT2D eigenvalue weighted by atomic mass is 9.89. The minimum Gasteiger partial charge on any atom is -0.378 e. The molecule has 0 radical (unpaired) electrons. The normalized spacial score (nSPS) is 24.3. The summed E-state index contributed by atoms with van der Waals surface area (Å²) in [6, 6.07) is 2.16. The van der Waals surface area contributed by atoms with Crippen LogP contribution in [0.5, 0.6) is 0 Å². The molecular weight excluding hydrogens is 232 g/mol. The highest BCUT2D eigenvalue weighted by molar-refractivity contribution is 5.75. The first kappa shape index (κ1) is 13.1. The Hall–Kier alpha value is -1.32. The summed E-state index contributed by atoms with van der Waals surface area (Å²) < 4.78 is 5.21. The van der Waals surface area contributed by atoms with Gasteiger partial charge in [0.1, 0.15) is 5.54 Å². The maximum absolute atomic E-state index is 12.1. The van der Waals surface area contributed by atoms with Crippen molar-refractivity contribution in [2.24, 2.45) is 0 Å². The Morgan fingerprint density at radius 3 is 2.44 bits per heavy atom. The van der Waals surface area contributed by atoms with Gasteiger partial charge < -0.3 is 19.9 Å². The van der Waals surface area contributed by atoms with Crippen molar-refractivity contribution in [3.05, 3.63) is 0 Å². The lowest BCUT2D eigenvalue weighted by molar-refractivity contribution is 0.0505. The molecule has 0 unspecified atom stereocenters. The van der Waals surface area contributed by atoms with Crippen molar-refractivity contribution in [1.29, 1.82) is 5.26 Å². The van der Waals surface area contributed by atoms with Crippen molar-refractivity contribution in [2.75, 3.05) is 46.4 Å². The average molecular weight is 252 g/mol. The van der Waals surface area contributed by atoms with E-state index in [-0.39, 0.29) is 6.03 Å². The Labute approximate surface area is 107 Å². The van der Waals surface area contributed by atoms with Crippen molar-refractivity contribution in [3.8, 4) is 6.07 Å². The maximum atomic E-state index is 12.1. The van der Waals surface area contributed by atoms with Gasteiger partial charge in [-0.25, -0.2) is 4.79 Å². The molecule has 2 fully saturated rings. The van der Waals surface area contributed by atoms with Gasteiger partial charge >= 0.3 is 6.03 Å². The number of nitrogens with zero attached hydrogens (tertiary/aromatic N) is 3. The molecule has 0 aliphatic carbocycles. The summed E-state index contributed by atoms with van der Waals surface area (Å²) in [4.78, 5) is 16.0. The molecule has 6 heteroatoms. The second-order valence-corrected chi connectivity index (χ2v) is 5.03.